The SMILES string of the molecule is Nc1ncccc1-c1nc2ccc(-c3ccc(F)cc3)nc2n1-c1ccc(C(=O)O)cc1. The van der Waals surface area contributed by atoms with Gasteiger partial charge in [-0.15, -0.1) is 0 Å². The van der Waals surface area contributed by atoms with Crippen LogP contribution in [0.3, 0.4) is 0 Å². The third-order valence-electron chi connectivity index (χ3n) is 5.10. The van der Waals surface area contributed by atoms with E-state index in [2.05, 4.69) is 4.98 Å². The highest BCUT2D eigenvalue weighted by Gasteiger charge is 2.19. The Morgan fingerprint density at radius 3 is 2.38 bits per heavy atom. The third kappa shape index (κ3) is 3.33. The Hall–Kier alpha value is -4.59. The molecule has 0 saturated heterocycles. The smallest absolute Gasteiger partial charge is 0.335 e. The number of nitrogens with two attached hydrogens (primary N) is 1. The monoisotopic (exact) mass is 425 g/mol. The summed E-state index contributed by atoms with van der Waals surface area (Å²) in [5, 5.41) is 9.25. The number of benzene rings is 2. The largest absolute Gasteiger partial charge is 0.478 e. The summed E-state index contributed by atoms with van der Waals surface area (Å²) in [5.41, 5.74) is 10.1. The molecule has 3 heterocycles. The molecule has 0 radical (unpaired) electrons. The van der Waals surface area contributed by atoms with Gasteiger partial charge in [-0.3, -0.25) is 4.57 Å². The molecule has 0 fully saturated rings. The Balaban J connectivity index is 1.77. The number of imidazole rings is 1. The second kappa shape index (κ2) is 7.59. The van der Waals surface area contributed by atoms with E-state index in [-0.39, 0.29) is 11.4 Å². The van der Waals surface area contributed by atoms with Gasteiger partial charge in [-0.25, -0.2) is 24.1 Å². The van der Waals surface area contributed by atoms with E-state index < -0.39 is 5.97 Å². The Morgan fingerprint density at radius 1 is 0.938 bits per heavy atom. The molecule has 0 unspecified atom stereocenters. The van der Waals surface area contributed by atoms with Crippen molar-refractivity contribution in [2.75, 3.05) is 5.73 Å². The number of rotatable bonds is 4. The number of hydrogen-bond acceptors (Lipinski definition) is 5. The molecule has 3 aromatic heterocycles. The molecule has 0 aliphatic heterocycles. The summed E-state index contributed by atoms with van der Waals surface area (Å²) in [5.74, 6) is -0.504. The lowest BCUT2D eigenvalue weighted by Gasteiger charge is -2.11. The lowest BCUT2D eigenvalue weighted by atomic mass is 10.1. The minimum absolute atomic E-state index is 0.167. The van der Waals surface area contributed by atoms with Gasteiger partial charge in [-0.05, 0) is 72.8 Å². The number of aromatic nitrogens is 4. The average molecular weight is 425 g/mol. The summed E-state index contributed by atoms with van der Waals surface area (Å²) in [4.78, 5) is 25.0. The van der Waals surface area contributed by atoms with Gasteiger partial charge in [0.05, 0.1) is 16.8 Å². The van der Waals surface area contributed by atoms with Crippen molar-refractivity contribution in [3.63, 3.8) is 0 Å². The third-order valence-corrected chi connectivity index (χ3v) is 5.10. The Morgan fingerprint density at radius 2 is 1.69 bits per heavy atom. The summed E-state index contributed by atoms with van der Waals surface area (Å²) < 4.78 is 15.2. The zero-order valence-electron chi connectivity index (χ0n) is 16.6. The van der Waals surface area contributed by atoms with Crippen LogP contribution in [-0.4, -0.2) is 30.6 Å². The molecule has 7 nitrogen and oxygen atoms in total. The molecule has 32 heavy (non-hydrogen) atoms. The fraction of sp³-hybridized carbons (Fsp3) is 0. The molecule has 0 aliphatic rings. The molecule has 0 aliphatic carbocycles. The van der Waals surface area contributed by atoms with Crippen LogP contribution in [0.4, 0.5) is 10.2 Å². The summed E-state index contributed by atoms with van der Waals surface area (Å²) >= 11 is 0. The molecule has 0 amide bonds. The van der Waals surface area contributed by atoms with Crippen molar-refractivity contribution in [1.29, 1.82) is 0 Å². The first-order valence-electron chi connectivity index (χ1n) is 9.71. The van der Waals surface area contributed by atoms with Crippen molar-refractivity contribution >= 4 is 23.0 Å². The van der Waals surface area contributed by atoms with Crippen molar-refractivity contribution < 1.29 is 14.3 Å². The molecule has 0 bridgehead atoms. The van der Waals surface area contributed by atoms with Gasteiger partial charge >= 0.3 is 5.97 Å². The van der Waals surface area contributed by atoms with Crippen LogP contribution in [-0.2, 0) is 0 Å². The van der Waals surface area contributed by atoms with Crippen LogP contribution in [0.2, 0.25) is 0 Å². The zero-order chi connectivity index (χ0) is 22.2. The van der Waals surface area contributed by atoms with E-state index in [9.17, 15) is 14.3 Å². The molecular formula is C24H16FN5O2. The van der Waals surface area contributed by atoms with Crippen LogP contribution in [0.25, 0.3) is 39.5 Å². The van der Waals surface area contributed by atoms with Crippen molar-refractivity contribution in [2.24, 2.45) is 0 Å². The quantitative estimate of drug-likeness (QED) is 0.437. The highest BCUT2D eigenvalue weighted by molar-refractivity contribution is 5.88. The zero-order valence-corrected chi connectivity index (χ0v) is 16.6. The number of halogens is 1. The first kappa shape index (κ1) is 19.4. The molecule has 0 atom stereocenters. The number of pyridine rings is 2. The molecule has 5 rings (SSSR count). The van der Waals surface area contributed by atoms with Gasteiger partial charge in [-0.2, -0.15) is 0 Å². The maximum Gasteiger partial charge on any atom is 0.335 e. The summed E-state index contributed by atoms with van der Waals surface area (Å²) in [6, 6.07) is 19.7. The van der Waals surface area contributed by atoms with E-state index in [4.69, 9.17) is 15.7 Å². The number of carbonyl (C=O) groups is 1. The Bertz CT molecular complexity index is 1460. The molecule has 5 aromatic rings. The number of nitrogen functional groups attached to an aromatic ring is 1. The van der Waals surface area contributed by atoms with E-state index in [1.54, 1.807) is 41.1 Å². The fourth-order valence-corrected chi connectivity index (χ4v) is 3.52. The molecule has 156 valence electrons. The molecule has 0 spiro atoms. The van der Waals surface area contributed by atoms with E-state index in [1.165, 1.54) is 24.3 Å². The average Bonchev–Trinajstić information content (AvgIpc) is 3.18. The van der Waals surface area contributed by atoms with Crippen molar-refractivity contribution in [3.05, 3.63) is 90.4 Å². The molecule has 0 saturated carbocycles. The second-order valence-electron chi connectivity index (χ2n) is 7.11. The van der Waals surface area contributed by atoms with Gasteiger partial charge in [0.25, 0.3) is 0 Å². The van der Waals surface area contributed by atoms with Crippen LogP contribution in [0, 0.1) is 5.82 Å². The standard InChI is InChI=1S/C24H16FN5O2/c25-16-7-3-14(4-8-16)19-11-12-20-23(28-19)30(17-9-5-15(6-10-17)24(31)32)22(29-20)18-2-1-13-27-21(18)26/h1-13H,(H2,26,27)(H,31,32). The summed E-state index contributed by atoms with van der Waals surface area (Å²) in [6.07, 6.45) is 1.60. The van der Waals surface area contributed by atoms with E-state index in [0.29, 0.717) is 39.8 Å². The first-order chi connectivity index (χ1) is 15.5. The minimum atomic E-state index is -1.01. The fourth-order valence-electron chi connectivity index (χ4n) is 3.52. The topological polar surface area (TPSA) is 107 Å². The summed E-state index contributed by atoms with van der Waals surface area (Å²) in [6.45, 7) is 0. The van der Waals surface area contributed by atoms with Crippen LogP contribution < -0.4 is 5.73 Å². The molecular weight excluding hydrogens is 409 g/mol. The number of fused-ring (bicyclic) bond motifs is 1. The number of anilines is 1. The van der Waals surface area contributed by atoms with Gasteiger partial charge < -0.3 is 10.8 Å². The lowest BCUT2D eigenvalue weighted by molar-refractivity contribution is 0.0697. The van der Waals surface area contributed by atoms with E-state index in [0.717, 1.165) is 5.56 Å². The van der Waals surface area contributed by atoms with Crippen LogP contribution in [0.1, 0.15) is 10.4 Å². The normalized spacial score (nSPS) is 11.0. The molecule has 3 N–H and O–H groups in total. The highest BCUT2D eigenvalue weighted by atomic mass is 19.1. The second-order valence-corrected chi connectivity index (χ2v) is 7.11. The number of aromatic carboxylic acids is 1. The van der Waals surface area contributed by atoms with Gasteiger partial charge in [0.15, 0.2) is 11.5 Å². The van der Waals surface area contributed by atoms with Gasteiger partial charge in [0.1, 0.15) is 17.2 Å². The minimum Gasteiger partial charge on any atom is -0.478 e. The van der Waals surface area contributed by atoms with Crippen LogP contribution in [0.15, 0.2) is 79.0 Å². The van der Waals surface area contributed by atoms with Crippen LogP contribution >= 0.6 is 0 Å². The van der Waals surface area contributed by atoms with Gasteiger partial charge in [0, 0.05) is 17.4 Å². The van der Waals surface area contributed by atoms with Crippen molar-refractivity contribution in [3.8, 4) is 28.3 Å². The predicted octanol–water partition coefficient (Wildman–Crippen LogP) is 4.57. The number of carboxylic acids is 1. The summed E-state index contributed by atoms with van der Waals surface area (Å²) in [7, 11) is 0. The predicted molar refractivity (Wildman–Crippen MR) is 119 cm³/mol. The lowest BCUT2D eigenvalue weighted by Crippen LogP contribution is -2.03. The maximum absolute atomic E-state index is 13.4. The Kier molecular flexibility index (Phi) is 4.59. The Labute approximate surface area is 181 Å². The number of nitrogens with zero attached hydrogens (tertiary/aromatic N) is 4. The number of carboxylic acid groups (broad SMARTS) is 1. The first-order valence-corrected chi connectivity index (χ1v) is 9.71. The van der Waals surface area contributed by atoms with Crippen molar-refractivity contribution in [1.82, 2.24) is 19.5 Å². The van der Waals surface area contributed by atoms with Crippen LogP contribution in [0.5, 0.6) is 0 Å². The van der Waals surface area contributed by atoms with E-state index in [1.807, 2.05) is 18.2 Å². The molecule has 2 aromatic carbocycles. The number of hydrogen-bond donors (Lipinski definition) is 2. The molecule has 8 heteroatoms. The van der Waals surface area contributed by atoms with Gasteiger partial charge in [-0.1, -0.05) is 0 Å². The van der Waals surface area contributed by atoms with Gasteiger partial charge in [0.2, 0.25) is 0 Å². The van der Waals surface area contributed by atoms with Crippen molar-refractivity contribution in [2.45, 2.75) is 0 Å². The highest BCUT2D eigenvalue weighted by Crippen LogP contribution is 2.31. The maximum atomic E-state index is 13.4. The van der Waals surface area contributed by atoms with E-state index >= 15 is 0 Å².